The van der Waals surface area contributed by atoms with Gasteiger partial charge in [-0.1, -0.05) is 23.7 Å². The standard InChI is InChI=1S/C19H14ClNO4/c1-24-14-7-6-10(20)8-12(14)16-13-9-25-15-5-3-2-4-11(15)17(13)21-18(16)19(22)23/h2-8,21H,9H2,1H3,(H,22,23). The van der Waals surface area contributed by atoms with E-state index in [1.807, 2.05) is 24.3 Å². The molecule has 6 heteroatoms. The number of fused-ring (bicyclic) bond motifs is 3. The molecule has 25 heavy (non-hydrogen) atoms. The van der Waals surface area contributed by atoms with Gasteiger partial charge in [-0.2, -0.15) is 0 Å². The van der Waals surface area contributed by atoms with Crippen LogP contribution in [0.2, 0.25) is 5.02 Å². The number of carboxylic acids is 1. The molecular weight excluding hydrogens is 342 g/mol. The van der Waals surface area contributed by atoms with Crippen molar-refractivity contribution in [3.8, 4) is 33.9 Å². The molecule has 0 radical (unpaired) electrons. The smallest absolute Gasteiger partial charge is 0.352 e. The van der Waals surface area contributed by atoms with Crippen molar-refractivity contribution in [1.29, 1.82) is 0 Å². The molecule has 0 saturated heterocycles. The summed E-state index contributed by atoms with van der Waals surface area (Å²) in [5, 5.41) is 10.2. The second-order valence-electron chi connectivity index (χ2n) is 5.66. The lowest BCUT2D eigenvalue weighted by molar-refractivity contribution is 0.0692. The summed E-state index contributed by atoms with van der Waals surface area (Å²) in [5.74, 6) is 0.217. The molecular formula is C19H14ClNO4. The number of carboxylic acid groups (broad SMARTS) is 1. The number of halogens is 1. The summed E-state index contributed by atoms with van der Waals surface area (Å²) in [4.78, 5) is 14.9. The number of methoxy groups -OCH3 is 1. The van der Waals surface area contributed by atoms with E-state index in [9.17, 15) is 9.90 Å². The molecule has 2 heterocycles. The van der Waals surface area contributed by atoms with Crippen LogP contribution >= 0.6 is 11.6 Å². The lowest BCUT2D eigenvalue weighted by Crippen LogP contribution is -2.05. The zero-order valence-corrected chi connectivity index (χ0v) is 14.1. The van der Waals surface area contributed by atoms with Gasteiger partial charge in [0, 0.05) is 27.3 Å². The second-order valence-corrected chi connectivity index (χ2v) is 6.10. The predicted molar refractivity (Wildman–Crippen MR) is 94.5 cm³/mol. The van der Waals surface area contributed by atoms with Gasteiger partial charge in [0.05, 0.1) is 12.8 Å². The fraction of sp³-hybridized carbons (Fsp3) is 0.105. The number of hydrogen-bond donors (Lipinski definition) is 2. The molecule has 0 bridgehead atoms. The van der Waals surface area contributed by atoms with Gasteiger partial charge >= 0.3 is 5.97 Å². The maximum absolute atomic E-state index is 11.9. The maximum atomic E-state index is 11.9. The normalized spacial score (nSPS) is 12.1. The van der Waals surface area contributed by atoms with Crippen molar-refractivity contribution in [2.24, 2.45) is 0 Å². The molecule has 1 aliphatic rings. The van der Waals surface area contributed by atoms with E-state index in [1.54, 1.807) is 18.2 Å². The second kappa shape index (κ2) is 5.86. The van der Waals surface area contributed by atoms with Gasteiger partial charge in [0.2, 0.25) is 0 Å². The Morgan fingerprint density at radius 3 is 2.80 bits per heavy atom. The van der Waals surface area contributed by atoms with Crippen LogP contribution in [-0.4, -0.2) is 23.2 Å². The number of ether oxygens (including phenoxy) is 2. The van der Waals surface area contributed by atoms with Crippen molar-refractivity contribution in [2.45, 2.75) is 6.61 Å². The number of aromatic amines is 1. The number of rotatable bonds is 3. The van der Waals surface area contributed by atoms with Crippen molar-refractivity contribution in [3.05, 3.63) is 58.7 Å². The number of nitrogens with one attached hydrogen (secondary N) is 1. The topological polar surface area (TPSA) is 71.5 Å². The van der Waals surface area contributed by atoms with E-state index in [0.717, 1.165) is 22.6 Å². The minimum absolute atomic E-state index is 0.0888. The summed E-state index contributed by atoms with van der Waals surface area (Å²) in [6.45, 7) is 0.265. The molecule has 1 aliphatic heterocycles. The highest BCUT2D eigenvalue weighted by atomic mass is 35.5. The molecule has 126 valence electrons. The summed E-state index contributed by atoms with van der Waals surface area (Å²) in [6.07, 6.45) is 0. The Labute approximate surface area is 148 Å². The fourth-order valence-electron chi connectivity index (χ4n) is 3.20. The number of para-hydroxylation sites is 1. The molecule has 0 saturated carbocycles. The van der Waals surface area contributed by atoms with Gasteiger partial charge < -0.3 is 19.6 Å². The third kappa shape index (κ3) is 2.44. The summed E-state index contributed by atoms with van der Waals surface area (Å²) < 4.78 is 11.2. The summed E-state index contributed by atoms with van der Waals surface area (Å²) in [6, 6.07) is 12.7. The highest BCUT2D eigenvalue weighted by molar-refractivity contribution is 6.31. The van der Waals surface area contributed by atoms with E-state index < -0.39 is 5.97 Å². The number of carbonyl (C=O) groups is 1. The molecule has 1 aromatic heterocycles. The van der Waals surface area contributed by atoms with E-state index in [-0.39, 0.29) is 12.3 Å². The van der Waals surface area contributed by atoms with Crippen LogP contribution in [0.1, 0.15) is 16.1 Å². The molecule has 5 nitrogen and oxygen atoms in total. The van der Waals surface area contributed by atoms with Crippen molar-refractivity contribution in [2.75, 3.05) is 7.11 Å². The Bertz CT molecular complexity index is 993. The van der Waals surface area contributed by atoms with Crippen LogP contribution in [0.15, 0.2) is 42.5 Å². The van der Waals surface area contributed by atoms with Crippen LogP contribution in [0.3, 0.4) is 0 Å². The largest absolute Gasteiger partial charge is 0.496 e. The van der Waals surface area contributed by atoms with E-state index in [0.29, 0.717) is 21.9 Å². The molecule has 3 aromatic rings. The zero-order valence-electron chi connectivity index (χ0n) is 13.3. The average molecular weight is 356 g/mol. The van der Waals surface area contributed by atoms with E-state index in [2.05, 4.69) is 4.98 Å². The van der Waals surface area contributed by atoms with Gasteiger partial charge in [-0.3, -0.25) is 0 Å². The first-order valence-corrected chi connectivity index (χ1v) is 8.02. The Balaban J connectivity index is 2.04. The number of H-pyrrole nitrogens is 1. The number of hydrogen-bond acceptors (Lipinski definition) is 3. The Morgan fingerprint density at radius 1 is 1.24 bits per heavy atom. The van der Waals surface area contributed by atoms with Crippen molar-refractivity contribution < 1.29 is 19.4 Å². The molecule has 0 amide bonds. The summed E-state index contributed by atoms with van der Waals surface area (Å²) in [7, 11) is 1.54. The molecule has 0 fully saturated rings. The van der Waals surface area contributed by atoms with Crippen LogP contribution in [0.25, 0.3) is 22.4 Å². The minimum Gasteiger partial charge on any atom is -0.496 e. The number of aromatic carboxylic acids is 1. The van der Waals surface area contributed by atoms with Crippen molar-refractivity contribution in [1.82, 2.24) is 4.98 Å². The first-order valence-electron chi connectivity index (χ1n) is 7.64. The van der Waals surface area contributed by atoms with Crippen molar-refractivity contribution >= 4 is 17.6 Å². The van der Waals surface area contributed by atoms with Gasteiger partial charge in [-0.15, -0.1) is 0 Å². The quantitative estimate of drug-likeness (QED) is 0.720. The van der Waals surface area contributed by atoms with E-state index in [4.69, 9.17) is 21.1 Å². The molecule has 2 aromatic carbocycles. The number of benzene rings is 2. The molecule has 4 rings (SSSR count). The molecule has 0 spiro atoms. The maximum Gasteiger partial charge on any atom is 0.352 e. The molecule has 0 aliphatic carbocycles. The van der Waals surface area contributed by atoms with Crippen LogP contribution < -0.4 is 9.47 Å². The van der Waals surface area contributed by atoms with Gasteiger partial charge in [0.25, 0.3) is 0 Å². The predicted octanol–water partition coefficient (Wildman–Crippen LogP) is 4.60. The fourth-order valence-corrected chi connectivity index (χ4v) is 3.37. The van der Waals surface area contributed by atoms with Gasteiger partial charge in [-0.25, -0.2) is 4.79 Å². The third-order valence-corrected chi connectivity index (χ3v) is 4.51. The molecule has 0 unspecified atom stereocenters. The average Bonchev–Trinajstić information content (AvgIpc) is 3.02. The lowest BCUT2D eigenvalue weighted by atomic mass is 9.96. The van der Waals surface area contributed by atoms with Crippen LogP contribution in [0, 0.1) is 0 Å². The SMILES string of the molecule is COc1ccc(Cl)cc1-c1c(C(=O)O)[nH]c2c1COc1ccccc1-2. The summed E-state index contributed by atoms with van der Waals surface area (Å²) in [5.41, 5.74) is 3.60. The first-order chi connectivity index (χ1) is 12.1. The van der Waals surface area contributed by atoms with Gasteiger partial charge in [0.15, 0.2) is 0 Å². The molecule has 0 atom stereocenters. The van der Waals surface area contributed by atoms with Crippen molar-refractivity contribution in [3.63, 3.8) is 0 Å². The van der Waals surface area contributed by atoms with Gasteiger partial charge in [-0.05, 0) is 30.3 Å². The lowest BCUT2D eigenvalue weighted by Gasteiger charge is -2.19. The zero-order chi connectivity index (χ0) is 17.6. The minimum atomic E-state index is -1.05. The number of aromatic nitrogens is 1. The molecule has 2 N–H and O–H groups in total. The van der Waals surface area contributed by atoms with Crippen LogP contribution in [-0.2, 0) is 6.61 Å². The van der Waals surface area contributed by atoms with Crippen LogP contribution in [0.4, 0.5) is 0 Å². The Morgan fingerprint density at radius 2 is 2.04 bits per heavy atom. The van der Waals surface area contributed by atoms with E-state index in [1.165, 1.54) is 7.11 Å². The van der Waals surface area contributed by atoms with E-state index >= 15 is 0 Å². The first kappa shape index (κ1) is 15.6. The van der Waals surface area contributed by atoms with Gasteiger partial charge in [0.1, 0.15) is 23.8 Å². The third-order valence-electron chi connectivity index (χ3n) is 4.28. The Hall–Kier alpha value is -2.92. The highest BCUT2D eigenvalue weighted by Crippen LogP contribution is 2.45. The summed E-state index contributed by atoms with van der Waals surface area (Å²) >= 11 is 6.14. The van der Waals surface area contributed by atoms with Crippen LogP contribution in [0.5, 0.6) is 11.5 Å². The monoisotopic (exact) mass is 355 g/mol. The Kier molecular flexibility index (Phi) is 3.66. The highest BCUT2D eigenvalue weighted by Gasteiger charge is 2.29.